The highest BCUT2D eigenvalue weighted by molar-refractivity contribution is 6.30. The lowest BCUT2D eigenvalue weighted by atomic mass is 10.1. The molecule has 5 nitrogen and oxygen atoms in total. The van der Waals surface area contributed by atoms with Crippen LogP contribution in [0.5, 0.6) is 0 Å². The van der Waals surface area contributed by atoms with E-state index in [1.54, 1.807) is 0 Å². The topological polar surface area (TPSA) is 50.2 Å². The zero-order chi connectivity index (χ0) is 18.6. The van der Waals surface area contributed by atoms with Gasteiger partial charge in [0, 0.05) is 30.2 Å². The summed E-state index contributed by atoms with van der Waals surface area (Å²) in [5, 5.41) is 3.80. The Balaban J connectivity index is 1.56. The van der Waals surface area contributed by atoms with Gasteiger partial charge in [0.05, 0.1) is 5.69 Å². The van der Waals surface area contributed by atoms with Gasteiger partial charge in [-0.05, 0) is 69.5 Å². The summed E-state index contributed by atoms with van der Waals surface area (Å²) in [6.07, 6.45) is 6.88. The highest BCUT2D eigenvalue weighted by Crippen LogP contribution is 2.28. The predicted octanol–water partition coefficient (Wildman–Crippen LogP) is 3.76. The quantitative estimate of drug-likeness (QED) is 0.851. The van der Waals surface area contributed by atoms with Gasteiger partial charge < -0.3 is 14.8 Å². The maximum atomic E-state index is 12.9. The summed E-state index contributed by atoms with van der Waals surface area (Å²) in [6, 6.07) is 7.73. The first kappa shape index (κ1) is 18.5. The van der Waals surface area contributed by atoms with E-state index in [1.165, 1.54) is 19.3 Å². The number of likely N-dealkylation sites (tertiary alicyclic amines) is 1. The molecular weight excluding hydrogens is 360 g/mol. The van der Waals surface area contributed by atoms with Crippen LogP contribution in [0.2, 0.25) is 5.02 Å². The average molecular weight is 387 g/mol. The minimum absolute atomic E-state index is 0.0416. The van der Waals surface area contributed by atoms with E-state index in [0.717, 1.165) is 62.5 Å². The van der Waals surface area contributed by atoms with E-state index in [9.17, 15) is 4.79 Å². The third-order valence-corrected chi connectivity index (χ3v) is 5.85. The molecule has 0 atom stereocenters. The monoisotopic (exact) mass is 386 g/mol. The molecule has 2 aliphatic rings. The summed E-state index contributed by atoms with van der Waals surface area (Å²) in [7, 11) is 0. The van der Waals surface area contributed by atoms with Crippen LogP contribution in [-0.2, 0) is 13.0 Å². The number of nitrogens with zero attached hydrogens (tertiary/aromatic N) is 3. The summed E-state index contributed by atoms with van der Waals surface area (Å²) in [5.41, 5.74) is 2.69. The lowest BCUT2D eigenvalue weighted by Gasteiger charge is -2.14. The Morgan fingerprint density at radius 3 is 2.56 bits per heavy atom. The van der Waals surface area contributed by atoms with Crippen molar-refractivity contribution >= 4 is 17.5 Å². The Morgan fingerprint density at radius 1 is 1.04 bits per heavy atom. The number of halogens is 1. The Morgan fingerprint density at radius 2 is 1.78 bits per heavy atom. The van der Waals surface area contributed by atoms with Gasteiger partial charge in [-0.3, -0.25) is 4.79 Å². The van der Waals surface area contributed by atoms with Gasteiger partial charge >= 0.3 is 0 Å². The van der Waals surface area contributed by atoms with E-state index >= 15 is 0 Å². The molecule has 1 amide bonds. The van der Waals surface area contributed by atoms with Crippen LogP contribution in [0.25, 0.3) is 11.4 Å². The third-order valence-electron chi connectivity index (χ3n) is 5.60. The Labute approximate surface area is 165 Å². The third kappa shape index (κ3) is 4.19. The smallest absolute Gasteiger partial charge is 0.271 e. The molecule has 1 N–H and O–H groups in total. The number of carbonyl (C=O) groups excluding carboxylic acids is 1. The fraction of sp³-hybridized carbons (Fsp3) is 0.524. The van der Waals surface area contributed by atoms with E-state index < -0.39 is 0 Å². The molecule has 0 saturated carbocycles. The molecule has 1 aromatic heterocycles. The van der Waals surface area contributed by atoms with Crippen LogP contribution in [0.1, 0.15) is 48.3 Å². The first-order chi connectivity index (χ1) is 13.2. The predicted molar refractivity (Wildman–Crippen MR) is 108 cm³/mol. The molecule has 4 rings (SSSR count). The summed E-state index contributed by atoms with van der Waals surface area (Å²) in [5.74, 6) is 0.841. The van der Waals surface area contributed by atoms with Crippen molar-refractivity contribution < 1.29 is 4.79 Å². The molecule has 1 aromatic carbocycles. The number of hydrogen-bond acceptors (Lipinski definition) is 3. The summed E-state index contributed by atoms with van der Waals surface area (Å²) in [6.45, 7) is 4.82. The number of fused-ring (bicyclic) bond motifs is 1. The number of hydrogen-bond donors (Lipinski definition) is 1. The Kier molecular flexibility index (Phi) is 5.79. The fourth-order valence-corrected chi connectivity index (χ4v) is 4.26. The van der Waals surface area contributed by atoms with Crippen LogP contribution < -0.4 is 5.32 Å². The normalized spacial score (nSPS) is 17.5. The molecule has 144 valence electrons. The molecule has 2 aliphatic heterocycles. The number of imidazole rings is 1. The lowest BCUT2D eigenvalue weighted by Crippen LogP contribution is -2.34. The Hall–Kier alpha value is -1.85. The molecule has 6 heteroatoms. The van der Waals surface area contributed by atoms with Crippen molar-refractivity contribution in [3.05, 3.63) is 40.7 Å². The van der Waals surface area contributed by atoms with Gasteiger partial charge in [-0.1, -0.05) is 18.0 Å². The maximum absolute atomic E-state index is 12.9. The molecule has 2 aromatic rings. The number of nitrogens with one attached hydrogen (secondary N) is 1. The van der Waals surface area contributed by atoms with E-state index in [1.807, 2.05) is 24.3 Å². The molecule has 0 unspecified atom stereocenters. The minimum Gasteiger partial charge on any atom is -0.349 e. The van der Waals surface area contributed by atoms with Crippen LogP contribution in [0.4, 0.5) is 0 Å². The van der Waals surface area contributed by atoms with E-state index in [4.69, 9.17) is 16.6 Å². The van der Waals surface area contributed by atoms with Crippen LogP contribution in [0.3, 0.4) is 0 Å². The lowest BCUT2D eigenvalue weighted by molar-refractivity contribution is 0.0944. The van der Waals surface area contributed by atoms with Gasteiger partial charge in [0.25, 0.3) is 5.91 Å². The number of benzene rings is 1. The maximum Gasteiger partial charge on any atom is 0.271 e. The molecule has 0 radical (unpaired) electrons. The molecule has 0 bridgehead atoms. The number of carbonyl (C=O) groups is 1. The molecular formula is C21H27ClN4O. The van der Waals surface area contributed by atoms with Gasteiger partial charge in [0.15, 0.2) is 0 Å². The van der Waals surface area contributed by atoms with Crippen LogP contribution >= 0.6 is 11.6 Å². The van der Waals surface area contributed by atoms with Gasteiger partial charge in [-0.15, -0.1) is 0 Å². The highest BCUT2D eigenvalue weighted by Gasteiger charge is 2.24. The van der Waals surface area contributed by atoms with E-state index in [2.05, 4.69) is 14.8 Å². The molecule has 27 heavy (non-hydrogen) atoms. The first-order valence-corrected chi connectivity index (χ1v) is 10.5. The molecule has 1 fully saturated rings. The van der Waals surface area contributed by atoms with Crippen LogP contribution in [-0.4, -0.2) is 46.5 Å². The van der Waals surface area contributed by atoms with E-state index in [0.29, 0.717) is 17.3 Å². The van der Waals surface area contributed by atoms with E-state index in [-0.39, 0.29) is 5.91 Å². The standard InChI is InChI=1S/C21H27ClN4O/c22-17-9-7-16(8-10-17)20-24-19(18-6-2-1-3-14-26(18)20)21(27)23-11-15-25-12-4-5-13-25/h7-10H,1-6,11-15H2,(H,23,27). The van der Waals surface area contributed by atoms with Crippen molar-refractivity contribution in [2.45, 2.75) is 45.1 Å². The molecule has 0 spiro atoms. The van der Waals surface area contributed by atoms with Crippen molar-refractivity contribution in [2.24, 2.45) is 0 Å². The summed E-state index contributed by atoms with van der Waals surface area (Å²) >= 11 is 6.04. The van der Waals surface area contributed by atoms with Gasteiger partial charge in [-0.25, -0.2) is 4.98 Å². The van der Waals surface area contributed by atoms with Gasteiger partial charge in [-0.2, -0.15) is 0 Å². The van der Waals surface area contributed by atoms with Gasteiger partial charge in [0.1, 0.15) is 11.5 Å². The van der Waals surface area contributed by atoms with Crippen molar-refractivity contribution in [2.75, 3.05) is 26.2 Å². The SMILES string of the molecule is O=C(NCCN1CCCC1)c1nc(-c2ccc(Cl)cc2)n2c1CCCCC2. The largest absolute Gasteiger partial charge is 0.349 e. The number of rotatable bonds is 5. The second kappa shape index (κ2) is 8.44. The second-order valence-electron chi connectivity index (χ2n) is 7.50. The summed E-state index contributed by atoms with van der Waals surface area (Å²) < 4.78 is 2.24. The average Bonchev–Trinajstić information content (AvgIpc) is 3.24. The molecule has 3 heterocycles. The molecule has 1 saturated heterocycles. The minimum atomic E-state index is -0.0416. The summed E-state index contributed by atoms with van der Waals surface area (Å²) in [4.78, 5) is 20.1. The zero-order valence-electron chi connectivity index (χ0n) is 15.7. The van der Waals surface area contributed by atoms with Crippen molar-refractivity contribution in [1.29, 1.82) is 0 Å². The first-order valence-electron chi connectivity index (χ1n) is 10.1. The van der Waals surface area contributed by atoms with Crippen molar-refractivity contribution in [1.82, 2.24) is 19.8 Å². The molecule has 0 aliphatic carbocycles. The fourth-order valence-electron chi connectivity index (χ4n) is 4.14. The number of aromatic nitrogens is 2. The van der Waals surface area contributed by atoms with Crippen molar-refractivity contribution in [3.63, 3.8) is 0 Å². The van der Waals surface area contributed by atoms with Crippen molar-refractivity contribution in [3.8, 4) is 11.4 Å². The van der Waals surface area contributed by atoms with Gasteiger partial charge in [0.2, 0.25) is 0 Å². The second-order valence-corrected chi connectivity index (χ2v) is 7.94. The Bertz CT molecular complexity index is 793. The van der Waals surface area contributed by atoms with Crippen LogP contribution in [0, 0.1) is 0 Å². The zero-order valence-corrected chi connectivity index (χ0v) is 16.5. The number of amides is 1. The highest BCUT2D eigenvalue weighted by atomic mass is 35.5. The van der Waals surface area contributed by atoms with Crippen LogP contribution in [0.15, 0.2) is 24.3 Å².